The highest BCUT2D eigenvalue weighted by atomic mass is 16.4. The summed E-state index contributed by atoms with van der Waals surface area (Å²) in [6.07, 6.45) is 3.34. The summed E-state index contributed by atoms with van der Waals surface area (Å²) in [6.45, 7) is 0.966. The van der Waals surface area contributed by atoms with Crippen LogP contribution in [0.15, 0.2) is 18.2 Å². The van der Waals surface area contributed by atoms with E-state index in [2.05, 4.69) is 5.32 Å². The Balaban J connectivity index is 2.27. The summed E-state index contributed by atoms with van der Waals surface area (Å²) in [6, 6.07) is 5.01. The summed E-state index contributed by atoms with van der Waals surface area (Å²) in [4.78, 5) is 10.9. The van der Waals surface area contributed by atoms with Gasteiger partial charge in [-0.2, -0.15) is 0 Å². The summed E-state index contributed by atoms with van der Waals surface area (Å²) in [5.74, 6) is -1.26. The number of carbonyl (C=O) groups is 1. The molecule has 0 aromatic heterocycles. The average Bonchev–Trinajstić information content (AvgIpc) is 2.30. The van der Waals surface area contributed by atoms with Crippen molar-refractivity contribution in [2.24, 2.45) is 0 Å². The van der Waals surface area contributed by atoms with Crippen LogP contribution in [0.2, 0.25) is 0 Å². The summed E-state index contributed by atoms with van der Waals surface area (Å²) in [5.41, 5.74) is 0.916. The molecule has 86 valence electrons. The third-order valence-electron chi connectivity index (χ3n) is 2.96. The minimum absolute atomic E-state index is 0.0233. The van der Waals surface area contributed by atoms with Crippen molar-refractivity contribution >= 4 is 5.97 Å². The van der Waals surface area contributed by atoms with E-state index >= 15 is 0 Å². The van der Waals surface area contributed by atoms with Gasteiger partial charge in [0, 0.05) is 6.04 Å². The van der Waals surface area contributed by atoms with Gasteiger partial charge in [-0.15, -0.1) is 0 Å². The van der Waals surface area contributed by atoms with Crippen LogP contribution in [0, 0.1) is 0 Å². The van der Waals surface area contributed by atoms with E-state index in [4.69, 9.17) is 5.11 Å². The van der Waals surface area contributed by atoms with Crippen LogP contribution in [-0.4, -0.2) is 22.7 Å². The Hall–Kier alpha value is -1.55. The topological polar surface area (TPSA) is 69.6 Å². The molecule has 0 bridgehead atoms. The number of rotatable bonds is 2. The molecule has 0 aliphatic carbocycles. The lowest BCUT2D eigenvalue weighted by atomic mass is 9.96. The predicted molar refractivity (Wildman–Crippen MR) is 59.7 cm³/mol. The largest absolute Gasteiger partial charge is 0.507 e. The Morgan fingerprint density at radius 2 is 2.19 bits per heavy atom. The molecule has 4 nitrogen and oxygen atoms in total. The van der Waals surface area contributed by atoms with E-state index in [1.807, 2.05) is 0 Å². The molecule has 1 aromatic rings. The molecule has 0 spiro atoms. The summed E-state index contributed by atoms with van der Waals surface area (Å²) in [7, 11) is 0. The van der Waals surface area contributed by atoms with E-state index < -0.39 is 5.97 Å². The number of carboxylic acids is 1. The summed E-state index contributed by atoms with van der Waals surface area (Å²) < 4.78 is 0. The van der Waals surface area contributed by atoms with E-state index in [0.29, 0.717) is 0 Å². The number of carboxylic acid groups (broad SMARTS) is 1. The van der Waals surface area contributed by atoms with Gasteiger partial charge in [-0.05, 0) is 37.1 Å². The van der Waals surface area contributed by atoms with E-state index in [1.54, 1.807) is 12.1 Å². The van der Waals surface area contributed by atoms with Gasteiger partial charge in [0.05, 0.1) is 0 Å². The third kappa shape index (κ3) is 2.17. The lowest BCUT2D eigenvalue weighted by molar-refractivity contribution is 0.0693. The zero-order valence-electron chi connectivity index (χ0n) is 8.94. The second-order valence-corrected chi connectivity index (χ2v) is 4.08. The third-order valence-corrected chi connectivity index (χ3v) is 2.96. The van der Waals surface area contributed by atoms with Crippen molar-refractivity contribution in [1.29, 1.82) is 0 Å². The van der Waals surface area contributed by atoms with Crippen LogP contribution in [0.25, 0.3) is 0 Å². The van der Waals surface area contributed by atoms with Crippen molar-refractivity contribution < 1.29 is 15.0 Å². The molecule has 2 rings (SSSR count). The minimum atomic E-state index is -1.09. The Kier molecular flexibility index (Phi) is 3.10. The number of benzene rings is 1. The molecule has 0 unspecified atom stereocenters. The molecule has 0 saturated carbocycles. The first kappa shape index (κ1) is 11.0. The van der Waals surface area contributed by atoms with Crippen molar-refractivity contribution in [1.82, 2.24) is 5.32 Å². The first-order valence-corrected chi connectivity index (χ1v) is 5.48. The number of hydrogen-bond donors (Lipinski definition) is 3. The maximum Gasteiger partial charge on any atom is 0.339 e. The minimum Gasteiger partial charge on any atom is -0.507 e. The number of aromatic hydroxyl groups is 1. The molecular formula is C12H15NO3. The summed E-state index contributed by atoms with van der Waals surface area (Å²) >= 11 is 0. The van der Waals surface area contributed by atoms with Gasteiger partial charge in [-0.3, -0.25) is 0 Å². The van der Waals surface area contributed by atoms with Crippen LogP contribution in [-0.2, 0) is 0 Å². The molecule has 3 N–H and O–H groups in total. The molecular weight excluding hydrogens is 206 g/mol. The normalized spacial score (nSPS) is 20.6. The maximum absolute atomic E-state index is 10.9. The molecule has 1 saturated heterocycles. The quantitative estimate of drug-likeness (QED) is 0.713. The Morgan fingerprint density at radius 1 is 1.38 bits per heavy atom. The average molecular weight is 221 g/mol. The van der Waals surface area contributed by atoms with Crippen LogP contribution in [0.4, 0.5) is 0 Å². The highest BCUT2D eigenvalue weighted by Crippen LogP contribution is 2.27. The van der Waals surface area contributed by atoms with E-state index in [0.717, 1.165) is 24.9 Å². The van der Waals surface area contributed by atoms with Gasteiger partial charge >= 0.3 is 5.97 Å². The smallest absolute Gasteiger partial charge is 0.339 e. The van der Waals surface area contributed by atoms with Gasteiger partial charge in [-0.1, -0.05) is 12.5 Å². The SMILES string of the molecule is O=C(O)c1cc([C@@H]2CCCCN2)ccc1O. The van der Waals surface area contributed by atoms with Crippen LogP contribution >= 0.6 is 0 Å². The fourth-order valence-corrected chi connectivity index (χ4v) is 2.08. The second kappa shape index (κ2) is 4.53. The monoisotopic (exact) mass is 221 g/mol. The zero-order chi connectivity index (χ0) is 11.5. The van der Waals surface area contributed by atoms with Crippen LogP contribution in [0.3, 0.4) is 0 Å². The van der Waals surface area contributed by atoms with Crippen molar-refractivity contribution in [3.8, 4) is 5.75 Å². The molecule has 0 radical (unpaired) electrons. The number of hydrogen-bond acceptors (Lipinski definition) is 3. The molecule has 1 atom stereocenters. The van der Waals surface area contributed by atoms with Crippen molar-refractivity contribution in [3.05, 3.63) is 29.3 Å². The van der Waals surface area contributed by atoms with Gasteiger partial charge in [-0.25, -0.2) is 4.79 Å². The highest BCUT2D eigenvalue weighted by molar-refractivity contribution is 5.90. The first-order chi connectivity index (χ1) is 7.68. The summed E-state index contributed by atoms with van der Waals surface area (Å²) in [5, 5.41) is 21.7. The Morgan fingerprint density at radius 3 is 2.81 bits per heavy atom. The molecule has 4 heteroatoms. The number of nitrogens with one attached hydrogen (secondary N) is 1. The van der Waals surface area contributed by atoms with Crippen LogP contribution in [0.1, 0.15) is 41.2 Å². The van der Waals surface area contributed by atoms with Gasteiger partial charge in [0.2, 0.25) is 0 Å². The van der Waals surface area contributed by atoms with E-state index in [9.17, 15) is 9.90 Å². The molecule has 1 heterocycles. The first-order valence-electron chi connectivity index (χ1n) is 5.48. The number of aromatic carboxylic acids is 1. The Labute approximate surface area is 93.9 Å². The number of phenols is 1. The molecule has 1 aromatic carbocycles. The van der Waals surface area contributed by atoms with Gasteiger partial charge in [0.1, 0.15) is 11.3 Å². The van der Waals surface area contributed by atoms with Crippen molar-refractivity contribution in [2.75, 3.05) is 6.54 Å². The van der Waals surface area contributed by atoms with Crippen molar-refractivity contribution in [2.45, 2.75) is 25.3 Å². The van der Waals surface area contributed by atoms with E-state index in [-0.39, 0.29) is 17.4 Å². The zero-order valence-corrected chi connectivity index (χ0v) is 8.94. The lowest BCUT2D eigenvalue weighted by Gasteiger charge is -2.24. The number of piperidine rings is 1. The molecule has 16 heavy (non-hydrogen) atoms. The Bertz CT molecular complexity index is 397. The molecule has 1 fully saturated rings. The standard InChI is InChI=1S/C12H15NO3/c14-11-5-4-8(7-9(11)12(15)16)10-3-1-2-6-13-10/h4-5,7,10,13-14H,1-3,6H2,(H,15,16)/t10-/m0/s1. The lowest BCUT2D eigenvalue weighted by Crippen LogP contribution is -2.26. The molecule has 1 aliphatic rings. The van der Waals surface area contributed by atoms with Crippen molar-refractivity contribution in [3.63, 3.8) is 0 Å². The van der Waals surface area contributed by atoms with Gasteiger partial charge in [0.25, 0.3) is 0 Å². The fourth-order valence-electron chi connectivity index (χ4n) is 2.08. The second-order valence-electron chi connectivity index (χ2n) is 4.08. The fraction of sp³-hybridized carbons (Fsp3) is 0.417. The van der Waals surface area contributed by atoms with E-state index in [1.165, 1.54) is 12.5 Å². The molecule has 1 aliphatic heterocycles. The predicted octanol–water partition coefficient (Wildman–Crippen LogP) is 1.90. The van der Waals surface area contributed by atoms with Crippen LogP contribution < -0.4 is 5.32 Å². The highest BCUT2D eigenvalue weighted by Gasteiger charge is 2.17. The van der Waals surface area contributed by atoms with Gasteiger partial charge < -0.3 is 15.5 Å². The maximum atomic E-state index is 10.9. The van der Waals surface area contributed by atoms with Crippen LogP contribution in [0.5, 0.6) is 5.75 Å². The molecule has 0 amide bonds. The van der Waals surface area contributed by atoms with Gasteiger partial charge in [0.15, 0.2) is 0 Å².